The Balaban J connectivity index is 2.33. The van der Waals surface area contributed by atoms with Crippen molar-refractivity contribution in [3.63, 3.8) is 0 Å². The summed E-state index contributed by atoms with van der Waals surface area (Å²) in [5, 5.41) is 10.2. The molecule has 0 saturated carbocycles. The SMILES string of the molecule is COC(=O)C1C=CC=CC1(C)C/C=C(/c1cccc(OC)c1)C(C)O. The number of aliphatic hydroxyl groups is 1. The molecule has 0 heterocycles. The predicted octanol–water partition coefficient (Wildman–Crippen LogP) is 3.77. The van der Waals surface area contributed by atoms with Crippen LogP contribution in [-0.2, 0) is 9.53 Å². The summed E-state index contributed by atoms with van der Waals surface area (Å²) in [6.45, 7) is 3.76. The Labute approximate surface area is 149 Å². The van der Waals surface area contributed by atoms with Gasteiger partial charge in [-0.05, 0) is 36.6 Å². The number of esters is 1. The van der Waals surface area contributed by atoms with Crippen molar-refractivity contribution in [3.05, 3.63) is 60.2 Å². The lowest BCUT2D eigenvalue weighted by Crippen LogP contribution is -2.32. The molecule has 1 aromatic rings. The third-order valence-corrected chi connectivity index (χ3v) is 4.67. The second kappa shape index (κ2) is 8.17. The molecule has 1 aliphatic rings. The van der Waals surface area contributed by atoms with Crippen LogP contribution in [0.5, 0.6) is 5.75 Å². The molecule has 4 heteroatoms. The first-order valence-corrected chi connectivity index (χ1v) is 8.37. The first-order chi connectivity index (χ1) is 11.9. The maximum Gasteiger partial charge on any atom is 0.313 e. The third kappa shape index (κ3) is 4.40. The van der Waals surface area contributed by atoms with E-state index in [9.17, 15) is 9.90 Å². The van der Waals surface area contributed by atoms with Gasteiger partial charge < -0.3 is 14.6 Å². The first kappa shape index (κ1) is 19.0. The number of ether oxygens (including phenoxy) is 2. The standard InChI is InChI=1S/C21H26O4/c1-15(22)18(16-8-7-9-17(14-16)24-3)11-13-21(2)12-6-5-10-19(21)20(23)25-4/h5-12,14-15,19,22H,13H2,1-4H3/b18-11+. The molecule has 0 aliphatic heterocycles. The molecule has 1 aromatic carbocycles. The molecular formula is C21H26O4. The van der Waals surface area contributed by atoms with Gasteiger partial charge in [-0.25, -0.2) is 0 Å². The number of methoxy groups -OCH3 is 2. The van der Waals surface area contributed by atoms with Crippen molar-refractivity contribution in [2.75, 3.05) is 14.2 Å². The number of benzene rings is 1. The Morgan fingerprint density at radius 2 is 2.12 bits per heavy atom. The van der Waals surface area contributed by atoms with E-state index < -0.39 is 11.5 Å². The van der Waals surface area contributed by atoms with Crippen molar-refractivity contribution in [1.82, 2.24) is 0 Å². The Morgan fingerprint density at radius 3 is 2.76 bits per heavy atom. The zero-order valence-corrected chi connectivity index (χ0v) is 15.2. The van der Waals surface area contributed by atoms with Gasteiger partial charge in [-0.2, -0.15) is 0 Å². The second-order valence-electron chi connectivity index (χ2n) is 6.52. The average molecular weight is 342 g/mol. The Hall–Kier alpha value is -2.33. The van der Waals surface area contributed by atoms with Gasteiger partial charge in [0.15, 0.2) is 0 Å². The summed E-state index contributed by atoms with van der Waals surface area (Å²) in [6, 6.07) is 7.60. The third-order valence-electron chi connectivity index (χ3n) is 4.67. The average Bonchev–Trinajstić information content (AvgIpc) is 2.61. The van der Waals surface area contributed by atoms with Gasteiger partial charge in [0.2, 0.25) is 0 Å². The van der Waals surface area contributed by atoms with Gasteiger partial charge >= 0.3 is 5.97 Å². The number of aliphatic hydroxyl groups excluding tert-OH is 1. The van der Waals surface area contributed by atoms with Crippen LogP contribution in [0.3, 0.4) is 0 Å². The van der Waals surface area contributed by atoms with Crippen LogP contribution in [0.1, 0.15) is 25.8 Å². The second-order valence-corrected chi connectivity index (χ2v) is 6.52. The molecule has 0 saturated heterocycles. The fourth-order valence-corrected chi connectivity index (χ4v) is 3.11. The van der Waals surface area contributed by atoms with Gasteiger partial charge in [-0.3, -0.25) is 4.79 Å². The van der Waals surface area contributed by atoms with E-state index in [1.165, 1.54) is 7.11 Å². The van der Waals surface area contributed by atoms with E-state index in [2.05, 4.69) is 0 Å². The van der Waals surface area contributed by atoms with E-state index in [4.69, 9.17) is 9.47 Å². The van der Waals surface area contributed by atoms with Crippen LogP contribution in [0.4, 0.5) is 0 Å². The normalized spacial score (nSPS) is 24.0. The highest BCUT2D eigenvalue weighted by Gasteiger charge is 2.36. The smallest absolute Gasteiger partial charge is 0.313 e. The molecule has 4 nitrogen and oxygen atoms in total. The minimum Gasteiger partial charge on any atom is -0.497 e. The Morgan fingerprint density at radius 1 is 1.36 bits per heavy atom. The van der Waals surface area contributed by atoms with Crippen molar-refractivity contribution >= 4 is 11.5 Å². The summed E-state index contributed by atoms with van der Waals surface area (Å²) < 4.78 is 10.2. The topological polar surface area (TPSA) is 55.8 Å². The molecule has 3 unspecified atom stereocenters. The van der Waals surface area contributed by atoms with Crippen LogP contribution < -0.4 is 4.74 Å². The van der Waals surface area contributed by atoms with Crippen LogP contribution in [0, 0.1) is 11.3 Å². The highest BCUT2D eigenvalue weighted by molar-refractivity contribution is 5.76. The molecule has 1 aliphatic carbocycles. The number of rotatable bonds is 6. The molecule has 0 aromatic heterocycles. The minimum atomic E-state index is -0.629. The lowest BCUT2D eigenvalue weighted by molar-refractivity contribution is -0.146. The molecular weight excluding hydrogens is 316 g/mol. The van der Waals surface area contributed by atoms with Crippen LogP contribution in [0.25, 0.3) is 5.57 Å². The van der Waals surface area contributed by atoms with Gasteiger partial charge in [-0.1, -0.05) is 49.4 Å². The maximum absolute atomic E-state index is 12.1. The molecule has 25 heavy (non-hydrogen) atoms. The van der Waals surface area contributed by atoms with Crippen molar-refractivity contribution < 1.29 is 19.4 Å². The molecule has 0 bridgehead atoms. The van der Waals surface area contributed by atoms with Gasteiger partial charge in [-0.15, -0.1) is 0 Å². The van der Waals surface area contributed by atoms with Gasteiger partial charge in [0.25, 0.3) is 0 Å². The highest BCUT2D eigenvalue weighted by atomic mass is 16.5. The van der Waals surface area contributed by atoms with Crippen LogP contribution >= 0.6 is 0 Å². The predicted molar refractivity (Wildman–Crippen MR) is 99.2 cm³/mol. The summed E-state index contributed by atoms with van der Waals surface area (Å²) in [6.07, 6.45) is 9.68. The van der Waals surface area contributed by atoms with Gasteiger partial charge in [0, 0.05) is 5.41 Å². The van der Waals surface area contributed by atoms with Crippen molar-refractivity contribution in [1.29, 1.82) is 0 Å². The van der Waals surface area contributed by atoms with E-state index in [1.54, 1.807) is 14.0 Å². The number of carbonyl (C=O) groups is 1. The number of allylic oxidation sites excluding steroid dienone is 4. The largest absolute Gasteiger partial charge is 0.497 e. The van der Waals surface area contributed by atoms with E-state index in [1.807, 2.05) is 61.6 Å². The van der Waals surface area contributed by atoms with E-state index in [0.29, 0.717) is 6.42 Å². The molecule has 134 valence electrons. The van der Waals surface area contributed by atoms with Crippen molar-refractivity contribution in [2.45, 2.75) is 26.4 Å². The van der Waals surface area contributed by atoms with Gasteiger partial charge in [0.05, 0.1) is 26.2 Å². The molecule has 0 amide bonds. The lowest BCUT2D eigenvalue weighted by Gasteiger charge is -2.33. The Bertz CT molecular complexity index is 700. The molecule has 0 radical (unpaired) electrons. The fourth-order valence-electron chi connectivity index (χ4n) is 3.11. The fraction of sp³-hybridized carbons (Fsp3) is 0.381. The van der Waals surface area contributed by atoms with Crippen LogP contribution in [-0.4, -0.2) is 31.4 Å². The zero-order valence-electron chi connectivity index (χ0n) is 15.2. The summed E-state index contributed by atoms with van der Waals surface area (Å²) in [4.78, 5) is 12.1. The lowest BCUT2D eigenvalue weighted by atomic mass is 9.71. The monoisotopic (exact) mass is 342 g/mol. The quantitative estimate of drug-likeness (QED) is 0.800. The summed E-state index contributed by atoms with van der Waals surface area (Å²) >= 11 is 0. The van der Waals surface area contributed by atoms with Crippen molar-refractivity contribution in [2.24, 2.45) is 11.3 Å². The number of hydrogen-bond donors (Lipinski definition) is 1. The molecule has 3 atom stereocenters. The number of hydrogen-bond acceptors (Lipinski definition) is 4. The van der Waals surface area contributed by atoms with E-state index >= 15 is 0 Å². The maximum atomic E-state index is 12.1. The number of carbonyl (C=O) groups excluding carboxylic acids is 1. The van der Waals surface area contributed by atoms with Crippen molar-refractivity contribution in [3.8, 4) is 5.75 Å². The molecule has 1 N–H and O–H groups in total. The van der Waals surface area contributed by atoms with Gasteiger partial charge in [0.1, 0.15) is 5.75 Å². The summed E-state index contributed by atoms with van der Waals surface area (Å²) in [7, 11) is 3.02. The first-order valence-electron chi connectivity index (χ1n) is 8.37. The molecule has 2 rings (SSSR count). The van der Waals surface area contributed by atoms with Crippen LogP contribution in [0.15, 0.2) is 54.6 Å². The Kier molecular flexibility index (Phi) is 6.21. The van der Waals surface area contributed by atoms with E-state index in [-0.39, 0.29) is 11.9 Å². The summed E-state index contributed by atoms with van der Waals surface area (Å²) in [5.74, 6) is 0.138. The van der Waals surface area contributed by atoms with E-state index in [0.717, 1.165) is 16.9 Å². The van der Waals surface area contributed by atoms with Crippen LogP contribution in [0.2, 0.25) is 0 Å². The highest BCUT2D eigenvalue weighted by Crippen LogP contribution is 2.39. The zero-order chi connectivity index (χ0) is 18.4. The molecule has 0 spiro atoms. The summed E-state index contributed by atoms with van der Waals surface area (Å²) in [5.41, 5.74) is 1.32. The minimum absolute atomic E-state index is 0.253. The molecule has 0 fully saturated rings.